The van der Waals surface area contributed by atoms with Gasteiger partial charge in [-0.25, -0.2) is 23.1 Å². The van der Waals surface area contributed by atoms with Crippen molar-refractivity contribution < 1.29 is 27.9 Å². The molecule has 1 saturated carbocycles. The second-order valence-electron chi connectivity index (χ2n) is 18.0. The molecule has 5 aromatic rings. The van der Waals surface area contributed by atoms with Gasteiger partial charge in [0.15, 0.2) is 11.3 Å². The number of piperazine rings is 1. The Hall–Kier alpha value is -5.53. The minimum Gasteiger partial charge on any atom is -0.374 e. The Morgan fingerprint density at radius 3 is 2.57 bits per heavy atom. The number of piperidine rings is 1. The number of morpholine rings is 1. The Morgan fingerprint density at radius 2 is 1.84 bits per heavy atom. The van der Waals surface area contributed by atoms with Crippen LogP contribution < -0.4 is 21.2 Å². The van der Waals surface area contributed by atoms with E-state index < -0.39 is 30.0 Å². The van der Waals surface area contributed by atoms with Crippen LogP contribution in [0.5, 0.6) is 0 Å². The number of nitrogens with one attached hydrogen (secondary N) is 2. The van der Waals surface area contributed by atoms with E-state index >= 15 is 0 Å². The van der Waals surface area contributed by atoms with Crippen LogP contribution >= 0.6 is 0 Å². The highest BCUT2D eigenvalue weighted by molar-refractivity contribution is 6.08. The number of hydrogen-bond donors (Lipinski definition) is 2. The fourth-order valence-electron chi connectivity index (χ4n) is 10.9. The van der Waals surface area contributed by atoms with Crippen molar-refractivity contribution in [2.24, 2.45) is 13.0 Å². The van der Waals surface area contributed by atoms with Crippen LogP contribution in [-0.4, -0.2) is 125 Å². The molecule has 4 aliphatic heterocycles. The number of rotatable bonds is 12. The lowest BCUT2D eigenvalue weighted by atomic mass is 9.81. The number of alkyl halides is 2. The number of aryl methyl sites for hydroxylation is 2. The van der Waals surface area contributed by atoms with Gasteiger partial charge in [0.1, 0.15) is 17.4 Å². The first kappa shape index (κ1) is 41.5. The Bertz CT molecular complexity index is 2600. The third-order valence-electron chi connectivity index (χ3n) is 14.4. The first-order valence-electron chi connectivity index (χ1n) is 22.4. The van der Waals surface area contributed by atoms with Crippen LogP contribution in [0.3, 0.4) is 0 Å². The van der Waals surface area contributed by atoms with Gasteiger partial charge in [-0.2, -0.15) is 10.2 Å². The number of carbonyl (C=O) groups is 3. The molecule has 3 amide bonds. The van der Waals surface area contributed by atoms with E-state index in [2.05, 4.69) is 48.5 Å². The second kappa shape index (κ2) is 16.9. The summed E-state index contributed by atoms with van der Waals surface area (Å²) in [4.78, 5) is 63.4. The van der Waals surface area contributed by atoms with Gasteiger partial charge in [0.2, 0.25) is 11.8 Å². The number of benzene rings is 1. The number of aromatic nitrogens is 7. The zero-order valence-corrected chi connectivity index (χ0v) is 35.7. The highest BCUT2D eigenvalue weighted by Crippen LogP contribution is 2.38. The van der Waals surface area contributed by atoms with E-state index in [1.165, 1.54) is 10.7 Å². The number of fused-ring (bicyclic) bond motifs is 4. The molecule has 1 aromatic carbocycles. The molecule has 17 nitrogen and oxygen atoms in total. The molecule has 2 bridgehead atoms. The predicted molar refractivity (Wildman–Crippen MR) is 229 cm³/mol. The van der Waals surface area contributed by atoms with E-state index in [0.717, 1.165) is 107 Å². The molecular formula is C44H54F2N12O5. The summed E-state index contributed by atoms with van der Waals surface area (Å²) in [6.45, 7) is 8.50. The van der Waals surface area contributed by atoms with Crippen LogP contribution in [0.15, 0.2) is 47.7 Å². The van der Waals surface area contributed by atoms with E-state index in [4.69, 9.17) is 9.72 Å². The summed E-state index contributed by atoms with van der Waals surface area (Å²) in [6, 6.07) is 7.62. The lowest BCUT2D eigenvalue weighted by Gasteiger charge is -2.42. The first-order chi connectivity index (χ1) is 30.5. The molecule has 4 atom stereocenters. The molecule has 10 rings (SSSR count). The van der Waals surface area contributed by atoms with Crippen LogP contribution in [0, 0.1) is 5.92 Å². The predicted octanol–water partition coefficient (Wildman–Crippen LogP) is 4.09. The number of nitrogens with zero attached hydrogens (tertiary/aromatic N) is 10. The first-order valence-corrected chi connectivity index (χ1v) is 22.4. The third kappa shape index (κ3) is 7.81. The Kier molecular flexibility index (Phi) is 11.1. The number of imidazole rings is 1. The van der Waals surface area contributed by atoms with Crippen LogP contribution in [0.4, 0.5) is 20.3 Å². The Labute approximate surface area is 362 Å². The molecular weight excluding hydrogens is 815 g/mol. The minimum atomic E-state index is -2.86. The molecule has 1 aliphatic carbocycles. The van der Waals surface area contributed by atoms with E-state index in [1.54, 1.807) is 33.3 Å². The molecule has 0 spiro atoms. The maximum Gasteiger partial charge on any atom is 0.329 e. The van der Waals surface area contributed by atoms with Crippen LogP contribution in [0.25, 0.3) is 16.7 Å². The maximum absolute atomic E-state index is 14.4. The summed E-state index contributed by atoms with van der Waals surface area (Å²) < 4.78 is 40.7. The van der Waals surface area contributed by atoms with Crippen LogP contribution in [-0.2, 0) is 27.8 Å². The van der Waals surface area contributed by atoms with Gasteiger partial charge in [-0.05, 0) is 88.4 Å². The summed E-state index contributed by atoms with van der Waals surface area (Å²) in [6.07, 6.45) is 8.77. The lowest BCUT2D eigenvalue weighted by molar-refractivity contribution is -0.135. The van der Waals surface area contributed by atoms with Gasteiger partial charge in [-0.15, -0.1) is 0 Å². The van der Waals surface area contributed by atoms with Crippen LogP contribution in [0.2, 0.25) is 0 Å². The molecule has 334 valence electrons. The lowest BCUT2D eigenvalue weighted by Crippen LogP contribution is -2.51. The van der Waals surface area contributed by atoms with Crippen molar-refractivity contribution in [1.29, 1.82) is 0 Å². The smallest absolute Gasteiger partial charge is 0.329 e. The number of amides is 3. The molecule has 63 heavy (non-hydrogen) atoms. The summed E-state index contributed by atoms with van der Waals surface area (Å²) in [5.41, 5.74) is 2.48. The van der Waals surface area contributed by atoms with Gasteiger partial charge in [0.25, 0.3) is 12.3 Å². The molecule has 5 fully saturated rings. The van der Waals surface area contributed by atoms with Crippen molar-refractivity contribution in [2.75, 3.05) is 56.1 Å². The van der Waals surface area contributed by atoms with E-state index in [9.17, 15) is 28.0 Å². The van der Waals surface area contributed by atoms with Gasteiger partial charge in [0.05, 0.1) is 47.7 Å². The van der Waals surface area contributed by atoms with Crippen molar-refractivity contribution in [2.45, 2.75) is 101 Å². The minimum absolute atomic E-state index is 0.000548. The average molecular weight is 869 g/mol. The molecule has 2 unspecified atom stereocenters. The van der Waals surface area contributed by atoms with Crippen molar-refractivity contribution in [3.63, 3.8) is 0 Å². The number of carbonyl (C=O) groups excluding carboxylic acids is 3. The second-order valence-corrected chi connectivity index (χ2v) is 18.0. The average Bonchev–Trinajstić information content (AvgIpc) is 4.14. The van der Waals surface area contributed by atoms with Crippen molar-refractivity contribution >= 4 is 45.9 Å². The standard InChI is InChI=1S/C44H54F2N12O5/c1-26(54-19-17-53(18-20-54)15-4-6-28-5-3-7-34-39(28)52(2)44(62)58(34)35-12-13-37(59)50-43(35)61)27-8-10-29(11-9-27)57-24-33(38(51-57)40(45)46)48-42(60)32-22-47-56-16-14-36(49-41(32)56)55-23-31-21-30(55)25-63-31/h3,5,7,14,16,22,24,26-27,29-31,35,40H,4,6,8-13,15,17-21,23,25H2,1-2H3,(H,48,60)(H,50,59,61)/t26?,27-,29-,30-,31-,35?/m1/s1. The number of ether oxygens (including phenoxy) is 1. The molecule has 4 saturated heterocycles. The van der Waals surface area contributed by atoms with Gasteiger partial charge in [-0.3, -0.25) is 38.4 Å². The maximum atomic E-state index is 14.4. The topological polar surface area (TPSA) is 169 Å². The zero-order chi connectivity index (χ0) is 43.5. The van der Waals surface area contributed by atoms with Gasteiger partial charge in [0, 0.05) is 64.6 Å². The largest absolute Gasteiger partial charge is 0.374 e. The Balaban J connectivity index is 0.712. The van der Waals surface area contributed by atoms with Crippen molar-refractivity contribution in [1.82, 2.24) is 48.6 Å². The van der Waals surface area contributed by atoms with E-state index in [-0.39, 0.29) is 47.5 Å². The highest BCUT2D eigenvalue weighted by Gasteiger charge is 2.40. The van der Waals surface area contributed by atoms with E-state index in [0.29, 0.717) is 30.6 Å². The SMILES string of the molecule is CC([C@H]1CC[C@H](n2cc(NC(=O)c3cnn4ccc(N5C[C@H]6C[C@@H]5CO6)nc34)c(C(F)F)n2)CC1)N1CCN(CCCc2cccc3c2n(C)c(=O)n3C2CCC(=O)NC2=O)CC1. The zero-order valence-electron chi connectivity index (χ0n) is 35.7. The number of anilines is 2. The molecule has 8 heterocycles. The van der Waals surface area contributed by atoms with Gasteiger partial charge < -0.3 is 19.9 Å². The summed E-state index contributed by atoms with van der Waals surface area (Å²) in [5, 5.41) is 13.7. The highest BCUT2D eigenvalue weighted by atomic mass is 19.3. The summed E-state index contributed by atoms with van der Waals surface area (Å²) >= 11 is 0. The summed E-state index contributed by atoms with van der Waals surface area (Å²) in [5.74, 6) is -0.0905. The fraction of sp³-hybridized carbons (Fsp3) is 0.568. The van der Waals surface area contributed by atoms with Gasteiger partial charge >= 0.3 is 5.69 Å². The molecule has 2 N–H and O–H groups in total. The number of hydrogen-bond acceptors (Lipinski definition) is 11. The van der Waals surface area contributed by atoms with E-state index in [1.807, 2.05) is 18.2 Å². The normalized spacial score (nSPS) is 25.2. The van der Waals surface area contributed by atoms with Crippen LogP contribution in [0.1, 0.15) is 98.4 Å². The molecule has 0 radical (unpaired) electrons. The quantitative estimate of drug-likeness (QED) is 0.173. The van der Waals surface area contributed by atoms with Gasteiger partial charge in [-0.1, -0.05) is 12.1 Å². The van der Waals surface area contributed by atoms with Crippen molar-refractivity contribution in [3.8, 4) is 0 Å². The number of halogens is 2. The van der Waals surface area contributed by atoms with Crippen molar-refractivity contribution in [3.05, 3.63) is 70.2 Å². The monoisotopic (exact) mass is 868 g/mol. The molecule has 5 aliphatic rings. The third-order valence-corrected chi connectivity index (χ3v) is 14.4. The summed E-state index contributed by atoms with van der Waals surface area (Å²) in [7, 11) is 1.74. The fourth-order valence-corrected chi connectivity index (χ4v) is 10.9. The number of imide groups is 1. The number of para-hydroxylation sites is 1. The Morgan fingerprint density at radius 1 is 1.03 bits per heavy atom. The molecule has 19 heteroatoms. The molecule has 4 aromatic heterocycles.